The highest BCUT2D eigenvalue weighted by atomic mass is 16.3. The lowest BCUT2D eigenvalue weighted by Gasteiger charge is -2.10. The van der Waals surface area contributed by atoms with Gasteiger partial charge in [0.25, 0.3) is 0 Å². The average molecular weight is 243 g/mol. The number of fused-ring (bicyclic) bond motifs is 1. The van der Waals surface area contributed by atoms with Crippen LogP contribution in [-0.2, 0) is 13.1 Å². The largest absolute Gasteiger partial charge is 0.508 e. The highest BCUT2D eigenvalue weighted by Gasteiger charge is 2.18. The minimum absolute atomic E-state index is 0.205. The van der Waals surface area contributed by atoms with Crippen molar-refractivity contribution >= 4 is 17.5 Å². The number of aromatic nitrogens is 2. The highest BCUT2D eigenvalue weighted by Crippen LogP contribution is 2.26. The fourth-order valence-corrected chi connectivity index (χ4v) is 2.01. The van der Waals surface area contributed by atoms with E-state index in [-0.39, 0.29) is 11.7 Å². The second-order valence-electron chi connectivity index (χ2n) is 4.13. The maximum absolute atomic E-state index is 9.43. The van der Waals surface area contributed by atoms with E-state index in [1.165, 1.54) is 0 Å². The molecule has 0 radical (unpaired) electrons. The lowest BCUT2D eigenvalue weighted by Crippen LogP contribution is -2.05. The second kappa shape index (κ2) is 4.15. The molecule has 0 bridgehead atoms. The van der Waals surface area contributed by atoms with E-state index < -0.39 is 0 Å². The van der Waals surface area contributed by atoms with Gasteiger partial charge in [0.15, 0.2) is 0 Å². The summed E-state index contributed by atoms with van der Waals surface area (Å²) < 4.78 is 0. The first-order chi connectivity index (χ1) is 8.72. The molecule has 0 unspecified atom stereocenters. The third kappa shape index (κ3) is 1.93. The molecule has 0 fully saturated rings. The Morgan fingerprint density at radius 3 is 3.00 bits per heavy atom. The van der Waals surface area contributed by atoms with Crippen LogP contribution in [0.15, 0.2) is 24.3 Å². The Labute approximate surface area is 104 Å². The van der Waals surface area contributed by atoms with Crippen molar-refractivity contribution in [1.82, 2.24) is 15.3 Å². The summed E-state index contributed by atoms with van der Waals surface area (Å²) in [5.74, 6) is 1.14. The van der Waals surface area contributed by atoms with Gasteiger partial charge in [0.2, 0.25) is 5.95 Å². The number of nitrogens with zero attached hydrogens (tertiary/aromatic N) is 2. The number of phenolic OH excluding ortho intramolecular Hbond substituents is 1. The Morgan fingerprint density at radius 1 is 1.28 bits per heavy atom. The molecular formula is C12H13N5O. The molecule has 1 aliphatic rings. The van der Waals surface area contributed by atoms with Gasteiger partial charge in [-0.1, -0.05) is 6.07 Å². The first kappa shape index (κ1) is 10.8. The van der Waals surface area contributed by atoms with Gasteiger partial charge in [-0.25, -0.2) is 4.98 Å². The van der Waals surface area contributed by atoms with Crippen LogP contribution in [0.2, 0.25) is 0 Å². The molecule has 1 aromatic carbocycles. The summed E-state index contributed by atoms with van der Waals surface area (Å²) in [6.45, 7) is 1.42. The normalized spacial score (nSPS) is 13.3. The van der Waals surface area contributed by atoms with Crippen LogP contribution < -0.4 is 16.4 Å². The van der Waals surface area contributed by atoms with Crippen molar-refractivity contribution in [3.8, 4) is 5.75 Å². The quantitative estimate of drug-likeness (QED) is 0.631. The van der Waals surface area contributed by atoms with Crippen LogP contribution in [0, 0.1) is 0 Å². The topological polar surface area (TPSA) is 96.1 Å². The molecule has 6 nitrogen and oxygen atoms in total. The van der Waals surface area contributed by atoms with E-state index in [0.717, 1.165) is 23.5 Å². The third-order valence-electron chi connectivity index (χ3n) is 2.81. The number of hydrogen-bond donors (Lipinski definition) is 4. The van der Waals surface area contributed by atoms with Crippen LogP contribution in [0.3, 0.4) is 0 Å². The number of nitrogen functional groups attached to an aromatic ring is 1. The van der Waals surface area contributed by atoms with Crippen molar-refractivity contribution in [2.45, 2.75) is 13.1 Å². The van der Waals surface area contributed by atoms with E-state index in [4.69, 9.17) is 5.73 Å². The molecule has 0 aliphatic carbocycles. The molecule has 1 aliphatic heterocycles. The summed E-state index contributed by atoms with van der Waals surface area (Å²) in [5.41, 5.74) is 8.38. The van der Waals surface area contributed by atoms with Crippen LogP contribution in [0.1, 0.15) is 11.3 Å². The molecular weight excluding hydrogens is 230 g/mol. The predicted molar refractivity (Wildman–Crippen MR) is 68.4 cm³/mol. The lowest BCUT2D eigenvalue weighted by atomic mass is 10.2. The molecule has 5 N–H and O–H groups in total. The van der Waals surface area contributed by atoms with Crippen molar-refractivity contribution in [3.63, 3.8) is 0 Å². The van der Waals surface area contributed by atoms with E-state index in [0.29, 0.717) is 12.4 Å². The zero-order valence-corrected chi connectivity index (χ0v) is 9.64. The average Bonchev–Trinajstić information content (AvgIpc) is 2.77. The highest BCUT2D eigenvalue weighted by molar-refractivity contribution is 5.63. The van der Waals surface area contributed by atoms with Gasteiger partial charge < -0.3 is 21.5 Å². The van der Waals surface area contributed by atoms with E-state index in [1.54, 1.807) is 18.2 Å². The number of hydrogen-bond acceptors (Lipinski definition) is 6. The molecule has 3 rings (SSSR count). The minimum Gasteiger partial charge on any atom is -0.508 e. The molecule has 0 amide bonds. The molecule has 0 saturated heterocycles. The van der Waals surface area contributed by atoms with Crippen molar-refractivity contribution in [2.24, 2.45) is 0 Å². The van der Waals surface area contributed by atoms with E-state index in [2.05, 4.69) is 20.6 Å². The molecule has 18 heavy (non-hydrogen) atoms. The van der Waals surface area contributed by atoms with Crippen LogP contribution in [0.5, 0.6) is 5.75 Å². The molecule has 2 aromatic rings. The van der Waals surface area contributed by atoms with Gasteiger partial charge in [-0.15, -0.1) is 0 Å². The summed E-state index contributed by atoms with van der Waals surface area (Å²) in [7, 11) is 0. The Bertz CT molecular complexity index is 599. The molecule has 0 atom stereocenters. The number of rotatable bonds is 2. The number of phenols is 1. The summed E-state index contributed by atoms with van der Waals surface area (Å²) in [5, 5.41) is 15.8. The van der Waals surface area contributed by atoms with E-state index >= 15 is 0 Å². The first-order valence-corrected chi connectivity index (χ1v) is 5.64. The van der Waals surface area contributed by atoms with Crippen LogP contribution >= 0.6 is 0 Å². The van der Waals surface area contributed by atoms with Crippen molar-refractivity contribution < 1.29 is 5.11 Å². The maximum atomic E-state index is 9.43. The molecule has 6 heteroatoms. The van der Waals surface area contributed by atoms with Crippen molar-refractivity contribution in [3.05, 3.63) is 35.5 Å². The molecule has 92 valence electrons. The Morgan fingerprint density at radius 2 is 2.17 bits per heavy atom. The van der Waals surface area contributed by atoms with E-state index in [1.807, 2.05) is 6.07 Å². The predicted octanol–water partition coefficient (Wildman–Crippen LogP) is 1.11. The van der Waals surface area contributed by atoms with Gasteiger partial charge in [-0.3, -0.25) is 0 Å². The van der Waals surface area contributed by atoms with Gasteiger partial charge in [0, 0.05) is 30.4 Å². The van der Waals surface area contributed by atoms with Crippen LogP contribution in [-0.4, -0.2) is 15.1 Å². The van der Waals surface area contributed by atoms with Gasteiger partial charge >= 0.3 is 0 Å². The maximum Gasteiger partial charge on any atom is 0.222 e. The molecule has 2 heterocycles. The number of aromatic hydroxyl groups is 1. The molecule has 0 saturated carbocycles. The monoisotopic (exact) mass is 243 g/mol. The fraction of sp³-hybridized carbons (Fsp3) is 0.167. The first-order valence-electron chi connectivity index (χ1n) is 5.64. The summed E-state index contributed by atoms with van der Waals surface area (Å²) in [4.78, 5) is 8.39. The second-order valence-corrected chi connectivity index (χ2v) is 4.13. The molecule has 1 aromatic heterocycles. The Hall–Kier alpha value is -2.34. The van der Waals surface area contributed by atoms with Gasteiger partial charge in [0.05, 0.1) is 5.69 Å². The summed E-state index contributed by atoms with van der Waals surface area (Å²) >= 11 is 0. The molecule has 0 spiro atoms. The van der Waals surface area contributed by atoms with Crippen LogP contribution in [0.25, 0.3) is 0 Å². The van der Waals surface area contributed by atoms with Crippen LogP contribution in [0.4, 0.5) is 17.5 Å². The van der Waals surface area contributed by atoms with Crippen molar-refractivity contribution in [2.75, 3.05) is 11.1 Å². The van der Waals surface area contributed by atoms with Gasteiger partial charge in [-0.05, 0) is 12.1 Å². The van der Waals surface area contributed by atoms with Gasteiger partial charge in [0.1, 0.15) is 11.6 Å². The Kier molecular flexibility index (Phi) is 2.49. The van der Waals surface area contributed by atoms with Crippen molar-refractivity contribution in [1.29, 1.82) is 0 Å². The number of anilines is 3. The number of benzene rings is 1. The van der Waals surface area contributed by atoms with E-state index in [9.17, 15) is 5.11 Å². The summed E-state index contributed by atoms with van der Waals surface area (Å²) in [6.07, 6.45) is 0. The zero-order chi connectivity index (χ0) is 12.5. The zero-order valence-electron chi connectivity index (χ0n) is 9.64. The smallest absolute Gasteiger partial charge is 0.222 e. The fourth-order valence-electron chi connectivity index (χ4n) is 2.01. The minimum atomic E-state index is 0.205. The lowest BCUT2D eigenvalue weighted by molar-refractivity contribution is 0.475. The SMILES string of the molecule is Nc1nc2c(c(Nc3cccc(O)c3)n1)CNC2. The summed E-state index contributed by atoms with van der Waals surface area (Å²) in [6, 6.07) is 6.87. The Balaban J connectivity index is 1.98. The number of nitrogens with two attached hydrogens (primary N) is 1. The standard InChI is InChI=1S/C12H13N5O/c13-12-16-10-6-14-5-9(10)11(17-12)15-7-2-1-3-8(18)4-7/h1-4,14,18H,5-6H2,(H3,13,15,16,17). The number of nitrogens with one attached hydrogen (secondary N) is 2. The van der Waals surface area contributed by atoms with Gasteiger partial charge in [-0.2, -0.15) is 4.98 Å². The third-order valence-corrected chi connectivity index (χ3v) is 2.81.